The van der Waals surface area contributed by atoms with E-state index in [9.17, 15) is 39.3 Å². The molecule has 3 aromatic carbocycles. The van der Waals surface area contributed by atoms with Gasteiger partial charge in [0.1, 0.15) is 6.04 Å². The first-order valence-electron chi connectivity index (χ1n) is 14.6. The zero-order chi connectivity index (χ0) is 31.8. The molecule has 5 atom stereocenters. The summed E-state index contributed by atoms with van der Waals surface area (Å²) in [6.07, 6.45) is 0.370. The number of carbonyl (C=O) groups is 3. The van der Waals surface area contributed by atoms with E-state index in [1.165, 1.54) is 0 Å². The van der Waals surface area contributed by atoms with E-state index in [0.29, 0.717) is 28.5 Å². The first-order chi connectivity index (χ1) is 20.9. The standard InChI is InChI=1S/C32H36N3O8P.Na/c1-18(2)16-24-21(14-15-35-30(37)22-12-6-10-20-11-7-13-23(26(20)22)31(35)38)29(44(41,42)43)34-27(24)28(36)33-25(32(39)40)17-19-8-4-3-5-9-19;/h3-13,18,21,24-25,27,29,34H,14-17H2,1-2H3,(H,33,36)(H,39,40)(H2,41,42,43);/q;+1/p-1/t21-,24-,25-,27-,29+;/m0./s1. The molecule has 0 aromatic heterocycles. The number of benzene rings is 3. The van der Waals surface area contributed by atoms with E-state index in [0.717, 1.165) is 10.3 Å². The summed E-state index contributed by atoms with van der Waals surface area (Å²) in [7, 11) is -4.83. The van der Waals surface area contributed by atoms with Crippen LogP contribution in [-0.4, -0.2) is 67.9 Å². The monoisotopic (exact) mass is 643 g/mol. The predicted octanol–water partition coefficient (Wildman–Crippen LogP) is -1.03. The summed E-state index contributed by atoms with van der Waals surface area (Å²) in [6, 6.07) is 16.6. The fraction of sp³-hybridized carbons (Fsp3) is 0.375. The first-order valence-corrected chi connectivity index (χ1v) is 16.3. The van der Waals surface area contributed by atoms with Gasteiger partial charge in [-0.2, -0.15) is 0 Å². The molecule has 2 amide bonds. The molecule has 0 saturated carbocycles. The van der Waals surface area contributed by atoms with Crippen molar-refractivity contribution in [1.29, 1.82) is 0 Å². The van der Waals surface area contributed by atoms with E-state index in [-0.39, 0.29) is 54.9 Å². The van der Waals surface area contributed by atoms with Crippen LogP contribution in [0.1, 0.15) is 53.0 Å². The van der Waals surface area contributed by atoms with Crippen LogP contribution in [0.3, 0.4) is 0 Å². The normalized spacial score (nSPS) is 22.5. The van der Waals surface area contributed by atoms with Crippen molar-refractivity contribution in [3.63, 3.8) is 0 Å². The minimum Gasteiger partial charge on any atom is -0.861 e. The zero-order valence-corrected chi connectivity index (χ0v) is 28.3. The largest absolute Gasteiger partial charge is 1.00 e. The van der Waals surface area contributed by atoms with Gasteiger partial charge in [-0.25, -0.2) is 14.6 Å². The van der Waals surface area contributed by atoms with Crippen molar-refractivity contribution >= 4 is 42.4 Å². The molecule has 232 valence electrons. The van der Waals surface area contributed by atoms with E-state index < -0.39 is 61.3 Å². The van der Waals surface area contributed by atoms with Gasteiger partial charge < -0.3 is 15.1 Å². The molecule has 0 unspecified atom stereocenters. The molecule has 0 radical (unpaired) electrons. The van der Waals surface area contributed by atoms with Crippen LogP contribution in [0.2, 0.25) is 0 Å². The molecule has 3 aromatic rings. The SMILES string of the molecule is CC(C)C[C@H]1[C@H](CCN2C(=O)c3cccc4cccc(c34)C2=O)[C@@H]([P+]([O-])(O)O)N[C@@H]1C([O-])=N[C@@H](Cc1ccccc1)C(=O)O.[Na+]. The van der Waals surface area contributed by atoms with E-state index >= 15 is 0 Å². The van der Waals surface area contributed by atoms with E-state index in [2.05, 4.69) is 10.3 Å². The fourth-order valence-electron chi connectivity index (χ4n) is 6.56. The molecule has 11 nitrogen and oxygen atoms in total. The molecule has 0 aliphatic carbocycles. The minimum atomic E-state index is -4.83. The molecular weight excluding hydrogens is 608 g/mol. The summed E-state index contributed by atoms with van der Waals surface area (Å²) in [5.41, 5.74) is 1.42. The van der Waals surface area contributed by atoms with Gasteiger partial charge in [0.05, 0.1) is 0 Å². The first kappa shape index (κ1) is 35.1. The van der Waals surface area contributed by atoms with E-state index in [1.807, 2.05) is 26.0 Å². The molecular formula is C32H35N3NaO8P. The summed E-state index contributed by atoms with van der Waals surface area (Å²) < 4.78 is 0. The molecule has 1 saturated heterocycles. The van der Waals surface area contributed by atoms with Gasteiger partial charge in [0.25, 0.3) is 11.8 Å². The number of carbonyl (C=O) groups excluding carboxylic acids is 2. The number of nitrogens with zero attached hydrogens (tertiary/aromatic N) is 2. The van der Waals surface area contributed by atoms with Crippen molar-refractivity contribution in [2.24, 2.45) is 22.7 Å². The van der Waals surface area contributed by atoms with Crippen molar-refractivity contribution in [1.82, 2.24) is 10.2 Å². The molecule has 2 aliphatic rings. The van der Waals surface area contributed by atoms with Crippen LogP contribution >= 0.6 is 7.94 Å². The van der Waals surface area contributed by atoms with Gasteiger partial charge in [-0.1, -0.05) is 68.4 Å². The Labute approximate surface area is 283 Å². The number of hydrogen-bond acceptors (Lipinski definition) is 9. The Kier molecular flexibility index (Phi) is 11.2. The van der Waals surface area contributed by atoms with Gasteiger partial charge in [0, 0.05) is 41.4 Å². The molecule has 1 fully saturated rings. The molecule has 45 heavy (non-hydrogen) atoms. The van der Waals surface area contributed by atoms with E-state index in [4.69, 9.17) is 0 Å². The number of carboxylic acids is 1. The van der Waals surface area contributed by atoms with Gasteiger partial charge in [0.15, 0.2) is 5.78 Å². The van der Waals surface area contributed by atoms with Gasteiger partial charge in [0.2, 0.25) is 7.94 Å². The van der Waals surface area contributed by atoms with Gasteiger partial charge in [-0.3, -0.25) is 24.8 Å². The topological polar surface area (TPSA) is 186 Å². The third-order valence-electron chi connectivity index (χ3n) is 8.49. The Morgan fingerprint density at radius 3 is 2.11 bits per heavy atom. The number of rotatable bonds is 11. The smallest absolute Gasteiger partial charge is 0.861 e. The van der Waals surface area contributed by atoms with E-state index in [1.54, 1.807) is 54.6 Å². The number of aliphatic imine (C=N–C) groups is 1. The third-order valence-corrected chi connectivity index (χ3v) is 9.74. The Morgan fingerprint density at radius 2 is 1.58 bits per heavy atom. The van der Waals surface area contributed by atoms with Crippen molar-refractivity contribution in [2.75, 3.05) is 6.54 Å². The Bertz CT molecular complexity index is 1550. The Hall–Kier alpha value is -2.73. The van der Waals surface area contributed by atoms with Crippen molar-refractivity contribution in [3.8, 4) is 0 Å². The molecule has 2 aliphatic heterocycles. The zero-order valence-electron chi connectivity index (χ0n) is 25.4. The van der Waals surface area contributed by atoms with Gasteiger partial charge >= 0.3 is 35.5 Å². The van der Waals surface area contributed by atoms with Crippen LogP contribution in [0.25, 0.3) is 10.8 Å². The van der Waals surface area contributed by atoms with Gasteiger partial charge in [-0.15, -0.1) is 0 Å². The summed E-state index contributed by atoms with van der Waals surface area (Å²) in [5.74, 6) is -5.96. The second-order valence-corrected chi connectivity index (χ2v) is 13.6. The van der Waals surface area contributed by atoms with Crippen LogP contribution in [0, 0.1) is 17.8 Å². The second kappa shape index (κ2) is 14.4. The summed E-state index contributed by atoms with van der Waals surface area (Å²) >= 11 is 0. The average Bonchev–Trinajstić information content (AvgIpc) is 3.34. The van der Waals surface area contributed by atoms with Crippen LogP contribution in [0.4, 0.5) is 0 Å². The van der Waals surface area contributed by atoms with Crippen molar-refractivity contribution in [3.05, 3.63) is 83.4 Å². The van der Waals surface area contributed by atoms with Crippen molar-refractivity contribution < 1.29 is 68.8 Å². The minimum absolute atomic E-state index is 0. The van der Waals surface area contributed by atoms with Gasteiger partial charge in [-0.05, 0) is 53.7 Å². The summed E-state index contributed by atoms with van der Waals surface area (Å²) in [4.78, 5) is 77.5. The number of amides is 2. The average molecular weight is 644 g/mol. The molecule has 0 bridgehead atoms. The number of carboxylic acid groups (broad SMARTS) is 1. The predicted molar refractivity (Wildman–Crippen MR) is 161 cm³/mol. The maximum atomic E-state index is 13.5. The van der Waals surface area contributed by atoms with Crippen LogP contribution in [-0.2, 0) is 11.2 Å². The molecule has 0 spiro atoms. The van der Waals surface area contributed by atoms with Crippen molar-refractivity contribution in [2.45, 2.75) is 51.0 Å². The summed E-state index contributed by atoms with van der Waals surface area (Å²) in [6.45, 7) is 3.69. The third kappa shape index (κ3) is 7.48. The van der Waals surface area contributed by atoms with Crippen LogP contribution in [0.5, 0.6) is 0 Å². The number of nitrogens with one attached hydrogen (secondary N) is 1. The second-order valence-electron chi connectivity index (χ2n) is 11.9. The molecule has 4 N–H and O–H groups in total. The molecule has 13 heteroatoms. The number of imide groups is 1. The maximum absolute atomic E-state index is 13.5. The summed E-state index contributed by atoms with van der Waals surface area (Å²) in [5, 5.41) is 27.5. The molecule has 2 heterocycles. The maximum Gasteiger partial charge on any atom is 1.00 e. The van der Waals surface area contributed by atoms with Crippen LogP contribution in [0.15, 0.2) is 71.7 Å². The Balaban J connectivity index is 0.00000461. The van der Waals surface area contributed by atoms with Crippen LogP contribution < -0.4 is 44.9 Å². The Morgan fingerprint density at radius 1 is 0.978 bits per heavy atom. The number of aliphatic carboxylic acids is 1. The number of hydrogen-bond donors (Lipinski definition) is 4. The fourth-order valence-corrected chi connectivity index (χ4v) is 7.79. The molecule has 5 rings (SSSR count). The quantitative estimate of drug-likeness (QED) is 0.0667.